The molecule has 1 N–H and O–H groups in total. The van der Waals surface area contributed by atoms with Crippen LogP contribution < -0.4 is 4.90 Å². The van der Waals surface area contributed by atoms with Crippen LogP contribution >= 0.6 is 0 Å². The van der Waals surface area contributed by atoms with Crippen molar-refractivity contribution in [1.29, 1.82) is 0 Å². The van der Waals surface area contributed by atoms with E-state index in [2.05, 4.69) is 0 Å². The van der Waals surface area contributed by atoms with E-state index in [0.717, 1.165) is 11.1 Å². The van der Waals surface area contributed by atoms with E-state index in [9.17, 15) is 14.7 Å². The minimum absolute atomic E-state index is 0.0272. The molecule has 20 heavy (non-hydrogen) atoms. The Morgan fingerprint density at radius 3 is 2.60 bits per heavy atom. The molecule has 0 aromatic heterocycles. The number of allylic oxidation sites excluding steroid dienone is 2. The molecule has 0 saturated carbocycles. The molecular weight excluding hydrogens is 254 g/mol. The first kappa shape index (κ1) is 12.9. The highest BCUT2D eigenvalue weighted by atomic mass is 16.3. The maximum atomic E-state index is 12.5. The molecule has 1 aliphatic heterocycles. The lowest BCUT2D eigenvalue weighted by molar-refractivity contribution is -0.122. The van der Waals surface area contributed by atoms with E-state index >= 15 is 0 Å². The highest BCUT2D eigenvalue weighted by Crippen LogP contribution is 2.42. The van der Waals surface area contributed by atoms with E-state index < -0.39 is 0 Å². The highest BCUT2D eigenvalue weighted by Gasteiger charge is 2.49. The predicted molar refractivity (Wildman–Crippen MR) is 75.3 cm³/mol. The molecule has 0 bridgehead atoms. The summed E-state index contributed by atoms with van der Waals surface area (Å²) in [5, 5.41) is 9.96. The van der Waals surface area contributed by atoms with E-state index in [4.69, 9.17) is 0 Å². The topological polar surface area (TPSA) is 57.6 Å². The number of hydrogen-bond acceptors (Lipinski definition) is 3. The van der Waals surface area contributed by atoms with Gasteiger partial charge < -0.3 is 5.11 Å². The third-order valence-corrected chi connectivity index (χ3v) is 4.19. The number of carbonyl (C=O) groups is 2. The van der Waals surface area contributed by atoms with Crippen molar-refractivity contribution >= 4 is 17.5 Å². The Labute approximate surface area is 117 Å². The number of nitrogens with zero attached hydrogens (tertiary/aromatic N) is 1. The fraction of sp³-hybridized carbons (Fsp3) is 0.375. The number of carbonyl (C=O) groups excluding carboxylic acids is 2. The summed E-state index contributed by atoms with van der Waals surface area (Å²) in [6, 6.07) is 4.96. The van der Waals surface area contributed by atoms with Gasteiger partial charge in [-0.2, -0.15) is 0 Å². The number of aromatic hydroxyl groups is 1. The molecular formula is C16H17NO3. The van der Waals surface area contributed by atoms with Crippen molar-refractivity contribution in [2.45, 2.75) is 26.7 Å². The smallest absolute Gasteiger partial charge is 0.238 e. The lowest BCUT2D eigenvalue weighted by atomic mass is 9.82. The molecule has 0 radical (unpaired) electrons. The number of amides is 2. The van der Waals surface area contributed by atoms with Crippen molar-refractivity contribution in [3.8, 4) is 5.75 Å². The summed E-state index contributed by atoms with van der Waals surface area (Å²) < 4.78 is 0. The second-order valence-corrected chi connectivity index (χ2v) is 5.71. The standard InChI is InChI=1S/C16H17NO3/c1-9-3-5-11-12(7-9)16(20)17(15(11)19)13-8-10(2)4-6-14(13)18/h3-4,6,8,11-12,18H,5,7H2,1-2H3/t11-,12-/m1/s1. The van der Waals surface area contributed by atoms with E-state index in [1.807, 2.05) is 19.9 Å². The van der Waals surface area contributed by atoms with Gasteiger partial charge in [0.25, 0.3) is 0 Å². The van der Waals surface area contributed by atoms with Crippen LogP contribution in [-0.4, -0.2) is 16.9 Å². The Balaban J connectivity index is 2.02. The van der Waals surface area contributed by atoms with Gasteiger partial charge in [-0.25, -0.2) is 4.90 Å². The summed E-state index contributed by atoms with van der Waals surface area (Å²) in [6.45, 7) is 3.85. The van der Waals surface area contributed by atoms with Crippen molar-refractivity contribution in [2.75, 3.05) is 4.90 Å². The molecule has 1 aliphatic carbocycles. The number of phenolic OH excluding ortho intramolecular Hbond substituents is 1. The maximum Gasteiger partial charge on any atom is 0.238 e. The lowest BCUT2D eigenvalue weighted by Crippen LogP contribution is -2.31. The Hall–Kier alpha value is -2.10. The summed E-state index contributed by atoms with van der Waals surface area (Å²) in [6.07, 6.45) is 3.29. The van der Waals surface area contributed by atoms with Gasteiger partial charge in [-0.1, -0.05) is 17.7 Å². The van der Waals surface area contributed by atoms with Gasteiger partial charge in [0, 0.05) is 0 Å². The quantitative estimate of drug-likeness (QED) is 0.631. The van der Waals surface area contributed by atoms with Crippen LogP contribution in [0.3, 0.4) is 0 Å². The zero-order chi connectivity index (χ0) is 14.4. The Kier molecular flexibility index (Phi) is 2.89. The van der Waals surface area contributed by atoms with Gasteiger partial charge in [-0.05, 0) is 44.4 Å². The summed E-state index contributed by atoms with van der Waals surface area (Å²) in [5.74, 6) is -0.947. The zero-order valence-electron chi connectivity index (χ0n) is 11.6. The first-order chi connectivity index (χ1) is 9.49. The normalized spacial score (nSPS) is 25.7. The van der Waals surface area contributed by atoms with Gasteiger partial charge in [-0.3, -0.25) is 9.59 Å². The summed E-state index contributed by atoms with van der Waals surface area (Å²) >= 11 is 0. The third-order valence-electron chi connectivity index (χ3n) is 4.19. The van der Waals surface area contributed by atoms with Crippen molar-refractivity contribution in [3.05, 3.63) is 35.4 Å². The second kappa shape index (κ2) is 4.47. The Morgan fingerprint density at radius 1 is 1.15 bits per heavy atom. The molecule has 1 fully saturated rings. The van der Waals surface area contributed by atoms with Crippen LogP contribution in [0.1, 0.15) is 25.3 Å². The number of hydrogen-bond donors (Lipinski definition) is 1. The van der Waals surface area contributed by atoms with E-state index in [-0.39, 0.29) is 29.4 Å². The molecule has 2 atom stereocenters. The van der Waals surface area contributed by atoms with Crippen molar-refractivity contribution in [1.82, 2.24) is 0 Å². The summed E-state index contributed by atoms with van der Waals surface area (Å²) in [7, 11) is 0. The van der Waals surface area contributed by atoms with E-state index in [1.54, 1.807) is 12.1 Å². The fourth-order valence-corrected chi connectivity index (χ4v) is 3.09. The predicted octanol–water partition coefficient (Wildman–Crippen LogP) is 2.55. The minimum atomic E-state index is -0.272. The molecule has 1 aromatic rings. The molecule has 2 amide bonds. The largest absolute Gasteiger partial charge is 0.506 e. The van der Waals surface area contributed by atoms with Crippen LogP contribution in [0.15, 0.2) is 29.8 Å². The van der Waals surface area contributed by atoms with Gasteiger partial charge in [0.15, 0.2) is 0 Å². The fourth-order valence-electron chi connectivity index (χ4n) is 3.09. The first-order valence-corrected chi connectivity index (χ1v) is 6.82. The van der Waals surface area contributed by atoms with E-state index in [0.29, 0.717) is 18.5 Å². The number of benzene rings is 1. The van der Waals surface area contributed by atoms with E-state index in [1.165, 1.54) is 11.0 Å². The van der Waals surface area contributed by atoms with Gasteiger partial charge in [0.05, 0.1) is 17.5 Å². The number of imide groups is 1. The number of anilines is 1. The van der Waals surface area contributed by atoms with Crippen LogP contribution in [0.5, 0.6) is 5.75 Å². The van der Waals surface area contributed by atoms with Crippen LogP contribution in [0.4, 0.5) is 5.69 Å². The molecule has 4 heteroatoms. The molecule has 1 aromatic carbocycles. The lowest BCUT2D eigenvalue weighted by Gasteiger charge is -2.18. The van der Waals surface area contributed by atoms with Crippen LogP contribution in [-0.2, 0) is 9.59 Å². The first-order valence-electron chi connectivity index (χ1n) is 6.82. The maximum absolute atomic E-state index is 12.5. The minimum Gasteiger partial charge on any atom is -0.506 e. The SMILES string of the molecule is CC1=CC[C@H]2C(=O)N(c3cc(C)ccc3O)C(=O)[C@@H]2C1. The molecule has 4 nitrogen and oxygen atoms in total. The molecule has 0 spiro atoms. The van der Waals surface area contributed by atoms with Gasteiger partial charge in [0.1, 0.15) is 5.75 Å². The average Bonchev–Trinajstić information content (AvgIpc) is 2.65. The van der Waals surface area contributed by atoms with Gasteiger partial charge in [-0.15, -0.1) is 0 Å². The molecule has 0 unspecified atom stereocenters. The Bertz CT molecular complexity index is 633. The Morgan fingerprint density at radius 2 is 1.85 bits per heavy atom. The summed E-state index contributed by atoms with van der Waals surface area (Å²) in [4.78, 5) is 26.2. The van der Waals surface area contributed by atoms with Crippen molar-refractivity contribution in [2.24, 2.45) is 11.8 Å². The number of aryl methyl sites for hydroxylation is 1. The number of fused-ring (bicyclic) bond motifs is 1. The molecule has 1 heterocycles. The zero-order valence-corrected chi connectivity index (χ0v) is 11.6. The summed E-state index contributed by atoms with van der Waals surface area (Å²) in [5.41, 5.74) is 2.37. The van der Waals surface area contributed by atoms with Crippen molar-refractivity contribution in [3.63, 3.8) is 0 Å². The highest BCUT2D eigenvalue weighted by molar-refractivity contribution is 6.22. The monoisotopic (exact) mass is 271 g/mol. The average molecular weight is 271 g/mol. The number of phenols is 1. The molecule has 104 valence electrons. The van der Waals surface area contributed by atoms with Crippen LogP contribution in [0, 0.1) is 18.8 Å². The molecule has 2 aliphatic rings. The van der Waals surface area contributed by atoms with Crippen LogP contribution in [0.2, 0.25) is 0 Å². The number of rotatable bonds is 1. The molecule has 3 rings (SSSR count). The third kappa shape index (κ3) is 1.83. The van der Waals surface area contributed by atoms with Crippen LogP contribution in [0.25, 0.3) is 0 Å². The van der Waals surface area contributed by atoms with Crippen molar-refractivity contribution < 1.29 is 14.7 Å². The molecule has 1 saturated heterocycles. The second-order valence-electron chi connectivity index (χ2n) is 5.71. The van der Waals surface area contributed by atoms with Gasteiger partial charge >= 0.3 is 0 Å². The van der Waals surface area contributed by atoms with Gasteiger partial charge in [0.2, 0.25) is 11.8 Å².